The van der Waals surface area contributed by atoms with Crippen LogP contribution in [-0.4, -0.2) is 21.0 Å². The average Bonchev–Trinajstić information content (AvgIpc) is 2.03. The van der Waals surface area contributed by atoms with E-state index in [2.05, 4.69) is 20.9 Å². The fraction of sp³-hybridized carbons (Fsp3) is 0. The Hall–Kier alpha value is -1.50. The number of carbonyl (C=O) groups is 1. The Morgan fingerprint density at radius 1 is 1.69 bits per heavy atom. The number of aromatic nitrogens is 1. The summed E-state index contributed by atoms with van der Waals surface area (Å²) in [6.07, 6.45) is 0.936. The van der Waals surface area contributed by atoms with Crippen molar-refractivity contribution in [3.63, 3.8) is 0 Å². The molecule has 1 aromatic heterocycles. The molecule has 0 atom stereocenters. The summed E-state index contributed by atoms with van der Waals surface area (Å²) in [4.78, 5) is 23.3. The van der Waals surface area contributed by atoms with Crippen LogP contribution in [0.15, 0.2) is 16.7 Å². The molecule has 7 heteroatoms. The van der Waals surface area contributed by atoms with Gasteiger partial charge in [-0.15, -0.1) is 0 Å². The molecular formula is C6H3BrN2O4. The van der Waals surface area contributed by atoms with Gasteiger partial charge in [-0.3, -0.25) is 0 Å². The zero-order valence-corrected chi connectivity index (χ0v) is 7.69. The molecule has 0 unspecified atom stereocenters. The summed E-state index contributed by atoms with van der Waals surface area (Å²) < 4.78 is 0.0531. The van der Waals surface area contributed by atoms with E-state index in [1.165, 1.54) is 0 Å². The smallest absolute Gasteiger partial charge is 0.377 e. The number of rotatable bonds is 2. The molecule has 1 aromatic rings. The van der Waals surface area contributed by atoms with Crippen LogP contribution in [0.3, 0.4) is 0 Å². The molecule has 13 heavy (non-hydrogen) atoms. The maximum Gasteiger partial charge on any atom is 0.377 e. The second-order valence-electron chi connectivity index (χ2n) is 2.09. The van der Waals surface area contributed by atoms with Crippen LogP contribution in [0.5, 0.6) is 0 Å². The predicted octanol–water partition coefficient (Wildman–Crippen LogP) is 1.45. The average molecular weight is 247 g/mol. The number of halogens is 1. The molecule has 1 heterocycles. The lowest BCUT2D eigenvalue weighted by Gasteiger charge is -1.95. The summed E-state index contributed by atoms with van der Waals surface area (Å²) in [5.74, 6) is -1.58. The third-order valence-electron chi connectivity index (χ3n) is 1.24. The fourth-order valence-corrected chi connectivity index (χ4v) is 1.18. The Kier molecular flexibility index (Phi) is 2.57. The van der Waals surface area contributed by atoms with Gasteiger partial charge in [0.25, 0.3) is 0 Å². The van der Waals surface area contributed by atoms with Crippen molar-refractivity contribution in [2.45, 2.75) is 0 Å². The van der Waals surface area contributed by atoms with Crippen molar-refractivity contribution in [3.8, 4) is 0 Å². The first-order valence-corrected chi connectivity index (χ1v) is 3.85. The number of carboxylic acids is 1. The van der Waals surface area contributed by atoms with E-state index in [-0.39, 0.29) is 10.0 Å². The molecule has 0 aromatic carbocycles. The molecule has 0 bridgehead atoms. The van der Waals surface area contributed by atoms with E-state index in [0.29, 0.717) is 0 Å². The molecule has 0 aliphatic carbocycles. The van der Waals surface area contributed by atoms with E-state index in [1.807, 2.05) is 0 Å². The van der Waals surface area contributed by atoms with Crippen LogP contribution in [0.2, 0.25) is 0 Å². The highest BCUT2D eigenvalue weighted by atomic mass is 79.9. The van der Waals surface area contributed by atoms with Gasteiger partial charge in [0, 0.05) is 0 Å². The first-order chi connectivity index (χ1) is 6.02. The number of carboxylic acid groups (broad SMARTS) is 1. The van der Waals surface area contributed by atoms with Crippen molar-refractivity contribution < 1.29 is 14.8 Å². The van der Waals surface area contributed by atoms with Gasteiger partial charge in [0.2, 0.25) is 0 Å². The Morgan fingerprint density at radius 3 is 2.69 bits per heavy atom. The highest BCUT2D eigenvalue weighted by Crippen LogP contribution is 2.22. The number of nitrogens with zero attached hydrogens (tertiary/aromatic N) is 2. The third-order valence-corrected chi connectivity index (χ3v) is 1.83. The van der Waals surface area contributed by atoms with Crippen molar-refractivity contribution in [1.82, 2.24) is 4.98 Å². The first kappa shape index (κ1) is 9.59. The van der Waals surface area contributed by atoms with Crippen molar-refractivity contribution in [2.75, 3.05) is 0 Å². The van der Waals surface area contributed by atoms with Crippen molar-refractivity contribution >= 4 is 27.7 Å². The van der Waals surface area contributed by atoms with Crippen LogP contribution in [0.4, 0.5) is 5.82 Å². The third kappa shape index (κ3) is 2.00. The molecular weight excluding hydrogens is 244 g/mol. The van der Waals surface area contributed by atoms with Gasteiger partial charge in [-0.05, 0) is 31.9 Å². The van der Waals surface area contributed by atoms with Crippen LogP contribution in [-0.2, 0) is 0 Å². The zero-order chi connectivity index (χ0) is 10.0. The van der Waals surface area contributed by atoms with E-state index in [1.54, 1.807) is 0 Å². The van der Waals surface area contributed by atoms with E-state index in [4.69, 9.17) is 5.11 Å². The maximum atomic E-state index is 10.4. The lowest BCUT2D eigenvalue weighted by atomic mass is 10.3. The van der Waals surface area contributed by atoms with Gasteiger partial charge in [0.05, 0.1) is 0 Å². The summed E-state index contributed by atoms with van der Waals surface area (Å²) in [5.41, 5.74) is -0.0996. The molecule has 1 rings (SSSR count). The van der Waals surface area contributed by atoms with Gasteiger partial charge in [0.1, 0.15) is 10.0 Å². The fourth-order valence-electron chi connectivity index (χ4n) is 0.682. The highest BCUT2D eigenvalue weighted by Gasteiger charge is 2.16. The lowest BCUT2D eigenvalue weighted by molar-refractivity contribution is -0.390. The molecule has 1 N–H and O–H groups in total. The summed E-state index contributed by atoms with van der Waals surface area (Å²) in [5, 5.41) is 18.8. The van der Waals surface area contributed by atoms with Crippen LogP contribution < -0.4 is 0 Å². The maximum absolute atomic E-state index is 10.4. The van der Waals surface area contributed by atoms with E-state index < -0.39 is 16.7 Å². The Labute approximate surface area is 80.5 Å². The number of aromatic carboxylic acids is 1. The minimum Gasteiger partial charge on any atom is -0.478 e. The number of hydrogen-bond donors (Lipinski definition) is 1. The quantitative estimate of drug-likeness (QED) is 0.630. The topological polar surface area (TPSA) is 93.3 Å². The molecule has 0 spiro atoms. The zero-order valence-electron chi connectivity index (χ0n) is 6.10. The molecule has 0 radical (unpaired) electrons. The monoisotopic (exact) mass is 246 g/mol. The van der Waals surface area contributed by atoms with Crippen LogP contribution in [0.25, 0.3) is 0 Å². The van der Waals surface area contributed by atoms with E-state index in [9.17, 15) is 14.9 Å². The molecule has 68 valence electrons. The number of hydrogen-bond acceptors (Lipinski definition) is 4. The van der Waals surface area contributed by atoms with Crippen molar-refractivity contribution in [1.29, 1.82) is 0 Å². The van der Waals surface area contributed by atoms with Crippen LogP contribution in [0, 0.1) is 10.1 Å². The molecule has 0 amide bonds. The second-order valence-corrected chi connectivity index (χ2v) is 2.95. The van der Waals surface area contributed by atoms with Gasteiger partial charge in [0.15, 0.2) is 6.20 Å². The summed E-state index contributed by atoms with van der Waals surface area (Å²) in [7, 11) is 0. The van der Waals surface area contributed by atoms with Gasteiger partial charge in [-0.1, -0.05) is 0 Å². The summed E-state index contributed by atoms with van der Waals surface area (Å²) >= 11 is 2.85. The predicted molar refractivity (Wildman–Crippen MR) is 45.6 cm³/mol. The van der Waals surface area contributed by atoms with E-state index >= 15 is 0 Å². The molecule has 0 fully saturated rings. The summed E-state index contributed by atoms with van der Waals surface area (Å²) in [6, 6.07) is 1.13. The van der Waals surface area contributed by atoms with Crippen molar-refractivity contribution in [2.24, 2.45) is 0 Å². The Balaban J connectivity index is 3.20. The minimum atomic E-state index is -1.18. The molecule has 0 saturated heterocycles. The number of pyridine rings is 1. The Bertz CT molecular complexity index is 379. The summed E-state index contributed by atoms with van der Waals surface area (Å²) in [6.45, 7) is 0. The van der Waals surface area contributed by atoms with E-state index in [0.717, 1.165) is 12.3 Å². The van der Waals surface area contributed by atoms with Gasteiger partial charge < -0.3 is 15.2 Å². The van der Waals surface area contributed by atoms with Crippen LogP contribution >= 0.6 is 15.9 Å². The highest BCUT2D eigenvalue weighted by molar-refractivity contribution is 9.10. The Morgan fingerprint density at radius 2 is 2.31 bits per heavy atom. The second kappa shape index (κ2) is 3.48. The van der Waals surface area contributed by atoms with Crippen LogP contribution in [0.1, 0.15) is 10.4 Å². The molecule has 0 saturated carbocycles. The number of nitro groups is 1. The molecule has 0 aliphatic heterocycles. The lowest BCUT2D eigenvalue weighted by Crippen LogP contribution is -2.00. The normalized spacial score (nSPS) is 9.62. The van der Waals surface area contributed by atoms with Gasteiger partial charge in [-0.25, -0.2) is 4.79 Å². The first-order valence-electron chi connectivity index (χ1n) is 3.05. The molecule has 6 nitrogen and oxygen atoms in total. The minimum absolute atomic E-state index is 0.0531. The van der Waals surface area contributed by atoms with Gasteiger partial charge >= 0.3 is 11.8 Å². The SMILES string of the molecule is O=C(O)c1cnc([N+](=O)[O-])c(Br)c1. The molecule has 0 aliphatic rings. The van der Waals surface area contributed by atoms with Gasteiger partial charge in [-0.2, -0.15) is 0 Å². The standard InChI is InChI=1S/C6H3BrN2O4/c7-4-1-3(6(10)11)2-8-5(4)9(12)13/h1-2H,(H,10,11). The van der Waals surface area contributed by atoms with Crippen molar-refractivity contribution in [3.05, 3.63) is 32.4 Å². The largest absolute Gasteiger partial charge is 0.478 e.